The number of anilines is 1. The summed E-state index contributed by atoms with van der Waals surface area (Å²) in [7, 11) is 0. The number of hydrogen-bond donors (Lipinski definition) is 1. The Morgan fingerprint density at radius 2 is 2.04 bits per heavy atom. The van der Waals surface area contributed by atoms with Gasteiger partial charge in [-0.2, -0.15) is 5.26 Å². The van der Waals surface area contributed by atoms with Crippen LogP contribution in [0.2, 0.25) is 0 Å². The molecule has 2 aromatic carbocycles. The third-order valence-electron chi connectivity index (χ3n) is 4.12. The monoisotopic (exact) mass is 323 g/mol. The zero-order valence-electron chi connectivity index (χ0n) is 13.3. The summed E-state index contributed by atoms with van der Waals surface area (Å²) < 4.78 is 13.9. The second kappa shape index (κ2) is 7.14. The molecular formula is C19H18FN3O. The van der Waals surface area contributed by atoms with Crippen molar-refractivity contribution in [3.05, 3.63) is 65.0 Å². The van der Waals surface area contributed by atoms with E-state index < -0.39 is 5.82 Å². The summed E-state index contributed by atoms with van der Waals surface area (Å²) in [5, 5.41) is 11.8. The molecule has 0 atom stereocenters. The molecule has 1 saturated heterocycles. The largest absolute Gasteiger partial charge is 0.379 e. The maximum absolute atomic E-state index is 13.9. The van der Waals surface area contributed by atoms with Gasteiger partial charge in [0.15, 0.2) is 0 Å². The predicted molar refractivity (Wildman–Crippen MR) is 89.5 cm³/mol. The lowest BCUT2D eigenvalue weighted by atomic mass is 10.1. The minimum Gasteiger partial charge on any atom is -0.379 e. The maximum atomic E-state index is 13.9. The first kappa shape index (κ1) is 16.0. The highest BCUT2D eigenvalue weighted by molar-refractivity contribution is 5.78. The second-order valence-corrected chi connectivity index (χ2v) is 5.90. The maximum Gasteiger partial charge on any atom is 0.222 e. The van der Waals surface area contributed by atoms with Crippen LogP contribution in [0.5, 0.6) is 0 Å². The van der Waals surface area contributed by atoms with Gasteiger partial charge in [0.2, 0.25) is 5.91 Å². The molecule has 1 N–H and O–H groups in total. The number of nitrogens with zero attached hydrogens (tertiary/aromatic N) is 2. The summed E-state index contributed by atoms with van der Waals surface area (Å²) in [5.74, 6) is -0.231. The van der Waals surface area contributed by atoms with Gasteiger partial charge in [0.1, 0.15) is 5.82 Å². The Morgan fingerprint density at radius 3 is 2.75 bits per heavy atom. The molecule has 0 bridgehead atoms. The number of carbonyl (C=O) groups is 1. The number of rotatable bonds is 5. The van der Waals surface area contributed by atoms with Crippen LogP contribution in [-0.2, 0) is 17.9 Å². The lowest BCUT2D eigenvalue weighted by molar-refractivity contribution is -0.128. The van der Waals surface area contributed by atoms with Gasteiger partial charge in [-0.25, -0.2) is 4.39 Å². The first-order valence-electron chi connectivity index (χ1n) is 7.95. The molecule has 0 aliphatic carbocycles. The smallest absolute Gasteiger partial charge is 0.222 e. The van der Waals surface area contributed by atoms with Crippen molar-refractivity contribution in [2.24, 2.45) is 0 Å². The fourth-order valence-electron chi connectivity index (χ4n) is 2.85. The van der Waals surface area contributed by atoms with Gasteiger partial charge in [0, 0.05) is 26.1 Å². The van der Waals surface area contributed by atoms with Crippen molar-refractivity contribution in [3.8, 4) is 6.07 Å². The molecule has 122 valence electrons. The van der Waals surface area contributed by atoms with Gasteiger partial charge in [0.05, 0.1) is 17.3 Å². The van der Waals surface area contributed by atoms with Crippen molar-refractivity contribution in [2.45, 2.75) is 25.9 Å². The third-order valence-corrected chi connectivity index (χ3v) is 4.12. The Bertz CT molecular complexity index is 797. The summed E-state index contributed by atoms with van der Waals surface area (Å²) in [6.45, 7) is 1.92. The van der Waals surface area contributed by atoms with Crippen molar-refractivity contribution in [1.82, 2.24) is 4.90 Å². The first-order valence-corrected chi connectivity index (χ1v) is 7.95. The lowest BCUT2D eigenvalue weighted by Gasteiger charge is -2.16. The van der Waals surface area contributed by atoms with Crippen molar-refractivity contribution >= 4 is 11.6 Å². The van der Waals surface area contributed by atoms with Gasteiger partial charge in [-0.15, -0.1) is 0 Å². The van der Waals surface area contributed by atoms with Crippen molar-refractivity contribution in [3.63, 3.8) is 0 Å². The minimum absolute atomic E-state index is 0.207. The molecule has 0 aromatic heterocycles. The van der Waals surface area contributed by atoms with Crippen LogP contribution >= 0.6 is 0 Å². The van der Waals surface area contributed by atoms with E-state index in [-0.39, 0.29) is 5.91 Å². The molecule has 24 heavy (non-hydrogen) atoms. The van der Waals surface area contributed by atoms with Crippen LogP contribution in [0.4, 0.5) is 10.1 Å². The van der Waals surface area contributed by atoms with Gasteiger partial charge in [0.25, 0.3) is 0 Å². The topological polar surface area (TPSA) is 56.1 Å². The first-order chi connectivity index (χ1) is 11.7. The predicted octanol–water partition coefficient (Wildman–Crippen LogP) is 3.43. The molecule has 0 saturated carbocycles. The van der Waals surface area contributed by atoms with E-state index in [9.17, 15) is 9.18 Å². The Hall–Kier alpha value is -2.87. The molecule has 0 spiro atoms. The van der Waals surface area contributed by atoms with E-state index in [0.29, 0.717) is 30.8 Å². The van der Waals surface area contributed by atoms with Crippen LogP contribution < -0.4 is 5.32 Å². The number of likely N-dealkylation sites (tertiary alicyclic amines) is 1. The lowest BCUT2D eigenvalue weighted by Crippen LogP contribution is -2.23. The molecule has 1 aliphatic heterocycles. The molecule has 1 amide bonds. The van der Waals surface area contributed by atoms with E-state index in [4.69, 9.17) is 5.26 Å². The second-order valence-electron chi connectivity index (χ2n) is 5.90. The standard InChI is InChI=1S/C19H18FN3O/c20-17-10-14(11-21)6-7-18(17)22-12-15-3-1-4-16(9-15)13-23-8-2-5-19(23)24/h1,3-4,6-7,9-10,22H,2,5,8,12-13H2. The highest BCUT2D eigenvalue weighted by atomic mass is 19.1. The summed E-state index contributed by atoms with van der Waals surface area (Å²) >= 11 is 0. The molecule has 1 aliphatic rings. The average Bonchev–Trinajstić information content (AvgIpc) is 2.99. The van der Waals surface area contributed by atoms with Crippen LogP contribution in [0.1, 0.15) is 29.5 Å². The summed E-state index contributed by atoms with van der Waals surface area (Å²) in [5.41, 5.74) is 2.76. The summed E-state index contributed by atoms with van der Waals surface area (Å²) in [4.78, 5) is 13.6. The zero-order chi connectivity index (χ0) is 16.9. The molecule has 2 aromatic rings. The molecule has 0 unspecified atom stereocenters. The Kier molecular flexibility index (Phi) is 4.76. The number of amides is 1. The molecule has 1 fully saturated rings. The van der Waals surface area contributed by atoms with E-state index in [2.05, 4.69) is 5.32 Å². The van der Waals surface area contributed by atoms with Crippen LogP contribution in [0.15, 0.2) is 42.5 Å². The number of hydrogen-bond acceptors (Lipinski definition) is 3. The van der Waals surface area contributed by atoms with Crippen molar-refractivity contribution in [2.75, 3.05) is 11.9 Å². The van der Waals surface area contributed by atoms with E-state index in [0.717, 1.165) is 24.1 Å². The van der Waals surface area contributed by atoms with Gasteiger partial charge >= 0.3 is 0 Å². The average molecular weight is 323 g/mol. The molecule has 3 rings (SSSR count). The van der Waals surface area contributed by atoms with Crippen LogP contribution in [0.3, 0.4) is 0 Å². The Labute approximate surface area is 140 Å². The molecule has 1 heterocycles. The number of halogens is 1. The highest BCUT2D eigenvalue weighted by Gasteiger charge is 2.19. The highest BCUT2D eigenvalue weighted by Crippen LogP contribution is 2.18. The Morgan fingerprint density at radius 1 is 1.21 bits per heavy atom. The van der Waals surface area contributed by atoms with Gasteiger partial charge in [-0.1, -0.05) is 24.3 Å². The van der Waals surface area contributed by atoms with Crippen LogP contribution in [-0.4, -0.2) is 17.4 Å². The van der Waals surface area contributed by atoms with Gasteiger partial charge < -0.3 is 10.2 Å². The normalized spacial score (nSPS) is 13.8. The van der Waals surface area contributed by atoms with Crippen LogP contribution in [0.25, 0.3) is 0 Å². The van der Waals surface area contributed by atoms with E-state index in [1.54, 1.807) is 12.1 Å². The van der Waals surface area contributed by atoms with Gasteiger partial charge in [-0.05, 0) is 35.7 Å². The van der Waals surface area contributed by atoms with Crippen LogP contribution in [0, 0.1) is 17.1 Å². The summed E-state index contributed by atoms with van der Waals surface area (Å²) in [6, 6.07) is 14.2. The van der Waals surface area contributed by atoms with E-state index >= 15 is 0 Å². The van der Waals surface area contributed by atoms with Crippen molar-refractivity contribution in [1.29, 1.82) is 5.26 Å². The van der Waals surface area contributed by atoms with Crippen molar-refractivity contribution < 1.29 is 9.18 Å². The zero-order valence-corrected chi connectivity index (χ0v) is 13.3. The molecule has 0 radical (unpaired) electrons. The minimum atomic E-state index is -0.437. The fourth-order valence-corrected chi connectivity index (χ4v) is 2.85. The SMILES string of the molecule is N#Cc1ccc(NCc2cccc(CN3CCCC3=O)c2)c(F)c1. The number of benzene rings is 2. The number of nitrogens with one attached hydrogen (secondary N) is 1. The molecule has 4 nitrogen and oxygen atoms in total. The number of carbonyl (C=O) groups excluding carboxylic acids is 1. The third kappa shape index (κ3) is 3.72. The van der Waals surface area contributed by atoms with E-state index in [1.165, 1.54) is 6.07 Å². The fraction of sp³-hybridized carbons (Fsp3) is 0.263. The van der Waals surface area contributed by atoms with Gasteiger partial charge in [-0.3, -0.25) is 4.79 Å². The molecule has 5 heteroatoms. The molecular weight excluding hydrogens is 305 g/mol. The summed E-state index contributed by atoms with van der Waals surface area (Å²) in [6.07, 6.45) is 1.57. The quantitative estimate of drug-likeness (QED) is 0.917. The Balaban J connectivity index is 1.64. The number of nitriles is 1. The van der Waals surface area contributed by atoms with E-state index in [1.807, 2.05) is 35.2 Å².